The number of halogens is 2. The van der Waals surface area contributed by atoms with Gasteiger partial charge in [-0.1, -0.05) is 0 Å². The molecule has 0 unspecified atom stereocenters. The molecule has 2 N–H and O–H groups in total. The molecule has 142 valence electrons. The van der Waals surface area contributed by atoms with Crippen molar-refractivity contribution in [1.82, 2.24) is 4.90 Å². The summed E-state index contributed by atoms with van der Waals surface area (Å²) >= 11 is 0. The highest BCUT2D eigenvalue weighted by molar-refractivity contribution is 6.43. The van der Waals surface area contributed by atoms with Gasteiger partial charge in [0.2, 0.25) is 0 Å². The maximum atomic E-state index is 13.2. The monoisotopic (exact) mass is 374 g/mol. The smallest absolute Gasteiger partial charge is 0.314 e. The molecule has 0 aliphatic carbocycles. The first-order valence-corrected chi connectivity index (χ1v) is 8.53. The summed E-state index contributed by atoms with van der Waals surface area (Å²) in [6, 6.07) is 10.1. The Kier molecular flexibility index (Phi) is 5.66. The Hall–Kier alpha value is -3.00. The number of carbonyl (C=O) groups is 2. The van der Waals surface area contributed by atoms with E-state index in [4.69, 9.17) is 0 Å². The molecule has 0 saturated carbocycles. The van der Waals surface area contributed by atoms with Crippen molar-refractivity contribution in [2.45, 2.75) is 0 Å². The molecule has 27 heavy (non-hydrogen) atoms. The summed E-state index contributed by atoms with van der Waals surface area (Å²) in [5.41, 5.74) is 1.52. The van der Waals surface area contributed by atoms with E-state index in [1.807, 2.05) is 12.1 Å². The minimum Gasteiger partial charge on any atom is -0.369 e. The van der Waals surface area contributed by atoms with Gasteiger partial charge in [-0.05, 0) is 43.4 Å². The molecule has 0 atom stereocenters. The van der Waals surface area contributed by atoms with Gasteiger partial charge < -0.3 is 20.4 Å². The molecule has 6 nitrogen and oxygen atoms in total. The van der Waals surface area contributed by atoms with E-state index in [-0.39, 0.29) is 5.69 Å². The van der Waals surface area contributed by atoms with Gasteiger partial charge in [-0.15, -0.1) is 0 Å². The number of hydrogen-bond donors (Lipinski definition) is 2. The Morgan fingerprint density at radius 2 is 1.37 bits per heavy atom. The zero-order chi connectivity index (χ0) is 19.4. The fourth-order valence-electron chi connectivity index (χ4n) is 2.77. The molecule has 1 aliphatic heterocycles. The molecule has 0 bridgehead atoms. The van der Waals surface area contributed by atoms with Crippen LogP contribution in [-0.2, 0) is 9.59 Å². The number of hydrogen-bond acceptors (Lipinski definition) is 4. The number of nitrogens with one attached hydrogen (secondary N) is 2. The maximum Gasteiger partial charge on any atom is 0.314 e. The van der Waals surface area contributed by atoms with Gasteiger partial charge in [-0.3, -0.25) is 9.59 Å². The van der Waals surface area contributed by atoms with Gasteiger partial charge in [-0.2, -0.15) is 0 Å². The molecule has 1 saturated heterocycles. The Morgan fingerprint density at radius 3 is 1.96 bits per heavy atom. The topological polar surface area (TPSA) is 64.7 Å². The van der Waals surface area contributed by atoms with Crippen LogP contribution in [0.5, 0.6) is 0 Å². The Balaban J connectivity index is 1.56. The fourth-order valence-corrected chi connectivity index (χ4v) is 2.77. The zero-order valence-corrected chi connectivity index (χ0v) is 14.8. The summed E-state index contributed by atoms with van der Waals surface area (Å²) < 4.78 is 26.1. The molecule has 2 amide bonds. The van der Waals surface area contributed by atoms with E-state index in [0.717, 1.165) is 44.0 Å². The van der Waals surface area contributed by atoms with Crippen molar-refractivity contribution in [3.05, 3.63) is 54.1 Å². The van der Waals surface area contributed by atoms with E-state index >= 15 is 0 Å². The predicted molar refractivity (Wildman–Crippen MR) is 99.8 cm³/mol. The number of likely N-dealkylation sites (N-methyl/N-ethyl adjacent to an activating group) is 1. The van der Waals surface area contributed by atoms with Crippen molar-refractivity contribution in [3.63, 3.8) is 0 Å². The van der Waals surface area contributed by atoms with Crippen molar-refractivity contribution in [3.8, 4) is 0 Å². The minimum absolute atomic E-state index is 0.000496. The third-order valence-electron chi connectivity index (χ3n) is 4.38. The van der Waals surface area contributed by atoms with Gasteiger partial charge >= 0.3 is 11.8 Å². The number of anilines is 3. The molecule has 3 rings (SSSR count). The summed E-state index contributed by atoms with van der Waals surface area (Å²) in [5, 5.41) is 4.71. The normalized spacial score (nSPS) is 14.7. The number of benzene rings is 2. The van der Waals surface area contributed by atoms with Crippen LogP contribution in [0.4, 0.5) is 25.8 Å². The lowest BCUT2D eigenvalue weighted by Gasteiger charge is -2.34. The van der Waals surface area contributed by atoms with Crippen LogP contribution in [0, 0.1) is 11.6 Å². The lowest BCUT2D eigenvalue weighted by Crippen LogP contribution is -2.44. The molecule has 0 radical (unpaired) electrons. The van der Waals surface area contributed by atoms with Crippen LogP contribution in [0.2, 0.25) is 0 Å². The van der Waals surface area contributed by atoms with Crippen LogP contribution in [0.25, 0.3) is 0 Å². The Labute approximate surface area is 155 Å². The minimum atomic E-state index is -1.10. The predicted octanol–water partition coefficient (Wildman–Crippen LogP) is 2.29. The van der Waals surface area contributed by atoms with Crippen molar-refractivity contribution in [2.24, 2.45) is 0 Å². The fraction of sp³-hybridized carbons (Fsp3) is 0.263. The highest BCUT2D eigenvalue weighted by Crippen LogP contribution is 2.19. The molecule has 1 fully saturated rings. The first-order valence-electron chi connectivity index (χ1n) is 8.53. The molecule has 2 aromatic rings. The summed E-state index contributed by atoms with van der Waals surface area (Å²) in [5.74, 6) is -4.00. The second kappa shape index (κ2) is 8.13. The average molecular weight is 374 g/mol. The summed E-state index contributed by atoms with van der Waals surface area (Å²) in [6.45, 7) is 3.84. The van der Waals surface area contributed by atoms with E-state index in [1.165, 1.54) is 6.07 Å². The average Bonchev–Trinajstić information content (AvgIpc) is 2.66. The van der Waals surface area contributed by atoms with Crippen LogP contribution in [0.15, 0.2) is 42.5 Å². The quantitative estimate of drug-likeness (QED) is 0.810. The molecule has 8 heteroatoms. The largest absolute Gasteiger partial charge is 0.369 e. The van der Waals surface area contributed by atoms with Crippen LogP contribution in [0.3, 0.4) is 0 Å². The van der Waals surface area contributed by atoms with Crippen LogP contribution >= 0.6 is 0 Å². The second-order valence-electron chi connectivity index (χ2n) is 6.37. The number of amides is 2. The molecule has 1 aliphatic rings. The van der Waals surface area contributed by atoms with E-state index in [1.54, 1.807) is 12.1 Å². The molecular formula is C19H20F2N4O2. The molecule has 1 heterocycles. The van der Waals surface area contributed by atoms with Gasteiger partial charge in [0.05, 0.1) is 0 Å². The van der Waals surface area contributed by atoms with Crippen molar-refractivity contribution in [2.75, 3.05) is 48.8 Å². The van der Waals surface area contributed by atoms with Gasteiger partial charge in [0, 0.05) is 49.3 Å². The van der Waals surface area contributed by atoms with E-state index < -0.39 is 23.4 Å². The maximum absolute atomic E-state index is 13.2. The number of carbonyl (C=O) groups excluding carboxylic acids is 2. The Bertz CT molecular complexity index is 834. The van der Waals surface area contributed by atoms with E-state index in [0.29, 0.717) is 5.69 Å². The van der Waals surface area contributed by atoms with Gasteiger partial charge in [0.15, 0.2) is 11.6 Å². The standard InChI is InChI=1S/C19H20F2N4O2/c1-24-8-10-25(11-9-24)15-5-2-13(3-6-15)22-18(26)19(27)23-14-4-7-16(20)17(21)12-14/h2-7,12H,8-11H2,1H3,(H,22,26)(H,23,27). The van der Waals surface area contributed by atoms with Gasteiger partial charge in [0.25, 0.3) is 0 Å². The highest BCUT2D eigenvalue weighted by atomic mass is 19.2. The lowest BCUT2D eigenvalue weighted by molar-refractivity contribution is -0.133. The van der Waals surface area contributed by atoms with E-state index in [9.17, 15) is 18.4 Å². The number of nitrogens with zero attached hydrogens (tertiary/aromatic N) is 2. The molecular weight excluding hydrogens is 354 g/mol. The first kappa shape index (κ1) is 18.8. The second-order valence-corrected chi connectivity index (χ2v) is 6.37. The van der Waals surface area contributed by atoms with Crippen LogP contribution in [-0.4, -0.2) is 49.9 Å². The van der Waals surface area contributed by atoms with Crippen molar-refractivity contribution < 1.29 is 18.4 Å². The molecule has 0 aromatic heterocycles. The third-order valence-corrected chi connectivity index (χ3v) is 4.38. The number of rotatable bonds is 3. The highest BCUT2D eigenvalue weighted by Gasteiger charge is 2.16. The van der Waals surface area contributed by atoms with E-state index in [2.05, 4.69) is 27.5 Å². The number of piperazine rings is 1. The van der Waals surface area contributed by atoms with Crippen molar-refractivity contribution in [1.29, 1.82) is 0 Å². The molecule has 0 spiro atoms. The van der Waals surface area contributed by atoms with Crippen LogP contribution < -0.4 is 15.5 Å². The molecule has 2 aromatic carbocycles. The van der Waals surface area contributed by atoms with Crippen molar-refractivity contribution >= 4 is 28.9 Å². The SMILES string of the molecule is CN1CCN(c2ccc(NC(=O)C(=O)Nc3ccc(F)c(F)c3)cc2)CC1. The summed E-state index contributed by atoms with van der Waals surface area (Å²) in [4.78, 5) is 28.4. The van der Waals surface area contributed by atoms with Gasteiger partial charge in [-0.25, -0.2) is 8.78 Å². The first-order chi connectivity index (χ1) is 12.9. The van der Waals surface area contributed by atoms with Gasteiger partial charge in [0.1, 0.15) is 0 Å². The zero-order valence-electron chi connectivity index (χ0n) is 14.8. The lowest BCUT2D eigenvalue weighted by atomic mass is 10.2. The third kappa shape index (κ3) is 4.79. The summed E-state index contributed by atoms with van der Waals surface area (Å²) in [6.07, 6.45) is 0. The Morgan fingerprint density at radius 1 is 0.815 bits per heavy atom. The summed E-state index contributed by atoms with van der Waals surface area (Å²) in [7, 11) is 2.08. The van der Waals surface area contributed by atoms with Crippen LogP contribution in [0.1, 0.15) is 0 Å².